The maximum absolute atomic E-state index is 12.3. The second-order valence-electron chi connectivity index (χ2n) is 4.65. The molecule has 5 heteroatoms. The average Bonchev–Trinajstić information content (AvgIpc) is 2.49. The van der Waals surface area contributed by atoms with E-state index < -0.39 is 0 Å². The molecule has 0 unspecified atom stereocenters. The van der Waals surface area contributed by atoms with Crippen LogP contribution in [0.2, 0.25) is 0 Å². The molecule has 2 rings (SSSR count). The Bertz CT molecular complexity index is 696. The summed E-state index contributed by atoms with van der Waals surface area (Å²) in [4.78, 5) is 24.0. The van der Waals surface area contributed by atoms with Gasteiger partial charge >= 0.3 is 0 Å². The number of rotatable bonds is 3. The minimum atomic E-state index is -0.283. The van der Waals surface area contributed by atoms with Gasteiger partial charge < -0.3 is 16.4 Å². The van der Waals surface area contributed by atoms with Gasteiger partial charge in [0.05, 0.1) is 11.3 Å². The van der Waals surface area contributed by atoms with Crippen LogP contribution in [0, 0.1) is 6.92 Å². The molecule has 0 aliphatic carbocycles. The van der Waals surface area contributed by atoms with Crippen molar-refractivity contribution in [2.45, 2.75) is 6.92 Å². The van der Waals surface area contributed by atoms with E-state index in [-0.39, 0.29) is 11.8 Å². The number of para-hydroxylation sites is 1. The van der Waals surface area contributed by atoms with Crippen molar-refractivity contribution in [3.05, 3.63) is 59.2 Å². The van der Waals surface area contributed by atoms with Crippen molar-refractivity contribution in [2.75, 3.05) is 18.1 Å². The molecule has 21 heavy (non-hydrogen) atoms. The summed E-state index contributed by atoms with van der Waals surface area (Å²) in [5, 5.41) is 5.29. The normalized spacial score (nSPS) is 10.0. The Labute approximate surface area is 123 Å². The molecule has 0 radical (unpaired) electrons. The fourth-order valence-corrected chi connectivity index (χ4v) is 1.94. The van der Waals surface area contributed by atoms with Crippen LogP contribution in [-0.4, -0.2) is 18.9 Å². The van der Waals surface area contributed by atoms with Gasteiger partial charge in [-0.15, -0.1) is 0 Å². The van der Waals surface area contributed by atoms with Crippen molar-refractivity contribution >= 4 is 23.2 Å². The van der Waals surface area contributed by atoms with Crippen molar-refractivity contribution in [2.24, 2.45) is 0 Å². The number of carbonyl (C=O) groups excluding carboxylic acids is 2. The minimum absolute atomic E-state index is 0.251. The lowest BCUT2D eigenvalue weighted by molar-refractivity contribution is 0.0964. The molecule has 0 bridgehead atoms. The van der Waals surface area contributed by atoms with Gasteiger partial charge in [-0.3, -0.25) is 9.59 Å². The highest BCUT2D eigenvalue weighted by Crippen LogP contribution is 2.18. The fourth-order valence-electron chi connectivity index (χ4n) is 1.94. The van der Waals surface area contributed by atoms with Gasteiger partial charge in [-0.2, -0.15) is 0 Å². The molecule has 0 spiro atoms. The van der Waals surface area contributed by atoms with Gasteiger partial charge in [-0.25, -0.2) is 0 Å². The molecule has 108 valence electrons. The van der Waals surface area contributed by atoms with Crippen LogP contribution >= 0.6 is 0 Å². The van der Waals surface area contributed by atoms with E-state index in [1.807, 2.05) is 6.92 Å². The third-order valence-corrected chi connectivity index (χ3v) is 3.18. The molecule has 0 heterocycles. The first-order chi connectivity index (χ1) is 10.0. The third-order valence-electron chi connectivity index (χ3n) is 3.18. The van der Waals surface area contributed by atoms with Crippen LogP contribution in [-0.2, 0) is 0 Å². The van der Waals surface area contributed by atoms with Crippen LogP contribution in [0.3, 0.4) is 0 Å². The number of hydrogen-bond acceptors (Lipinski definition) is 3. The van der Waals surface area contributed by atoms with Crippen molar-refractivity contribution in [1.82, 2.24) is 5.32 Å². The second-order valence-corrected chi connectivity index (χ2v) is 4.65. The lowest BCUT2D eigenvalue weighted by atomic mass is 10.1. The van der Waals surface area contributed by atoms with E-state index in [2.05, 4.69) is 10.6 Å². The Balaban J connectivity index is 2.27. The number of nitrogens with one attached hydrogen (secondary N) is 2. The Morgan fingerprint density at radius 3 is 2.43 bits per heavy atom. The molecule has 0 atom stereocenters. The summed E-state index contributed by atoms with van der Waals surface area (Å²) in [6, 6.07) is 11.9. The summed E-state index contributed by atoms with van der Waals surface area (Å²) >= 11 is 0. The molecule has 0 aliphatic heterocycles. The molecule has 0 fully saturated rings. The maximum Gasteiger partial charge on any atom is 0.255 e. The Kier molecular flexibility index (Phi) is 4.23. The average molecular weight is 283 g/mol. The van der Waals surface area contributed by atoms with Crippen molar-refractivity contribution < 1.29 is 9.59 Å². The van der Waals surface area contributed by atoms with Gasteiger partial charge in [0.25, 0.3) is 11.8 Å². The van der Waals surface area contributed by atoms with Crippen LogP contribution < -0.4 is 16.4 Å². The largest absolute Gasteiger partial charge is 0.399 e. The molecular formula is C16H17N3O2. The fraction of sp³-hybridized carbons (Fsp3) is 0.125. The number of nitrogens with two attached hydrogens (primary N) is 1. The second kappa shape index (κ2) is 6.09. The molecule has 0 saturated carbocycles. The highest BCUT2D eigenvalue weighted by atomic mass is 16.2. The summed E-state index contributed by atoms with van der Waals surface area (Å²) in [5.74, 6) is -0.533. The van der Waals surface area contributed by atoms with E-state index >= 15 is 0 Å². The summed E-state index contributed by atoms with van der Waals surface area (Å²) < 4.78 is 0. The lowest BCUT2D eigenvalue weighted by Gasteiger charge is -2.10. The highest BCUT2D eigenvalue weighted by Gasteiger charge is 2.13. The lowest BCUT2D eigenvalue weighted by Crippen LogP contribution is -2.21. The number of aryl methyl sites for hydroxylation is 1. The molecule has 5 nitrogen and oxygen atoms in total. The number of anilines is 2. The molecule has 2 aromatic carbocycles. The number of amides is 2. The van der Waals surface area contributed by atoms with E-state index in [4.69, 9.17) is 5.73 Å². The van der Waals surface area contributed by atoms with Crippen LogP contribution in [0.4, 0.5) is 11.4 Å². The molecule has 0 aliphatic rings. The van der Waals surface area contributed by atoms with Gasteiger partial charge in [0.1, 0.15) is 0 Å². The number of hydrogen-bond donors (Lipinski definition) is 3. The van der Waals surface area contributed by atoms with E-state index in [1.165, 1.54) is 0 Å². The zero-order valence-electron chi connectivity index (χ0n) is 11.9. The number of carbonyl (C=O) groups is 2. The van der Waals surface area contributed by atoms with Crippen LogP contribution in [0.5, 0.6) is 0 Å². The van der Waals surface area contributed by atoms with Gasteiger partial charge in [0, 0.05) is 18.3 Å². The standard InChI is InChI=1S/C16H17N3O2/c1-10-9-11(7-8-13(10)17)15(20)19-14-6-4-3-5-12(14)16(21)18-2/h3-9H,17H2,1-2H3,(H,18,21)(H,19,20). The predicted octanol–water partition coefficient (Wildman–Crippen LogP) is 2.19. The summed E-state index contributed by atoms with van der Waals surface area (Å²) in [7, 11) is 1.55. The van der Waals surface area contributed by atoms with Crippen molar-refractivity contribution in [1.29, 1.82) is 0 Å². The summed E-state index contributed by atoms with van der Waals surface area (Å²) in [6.07, 6.45) is 0. The zero-order valence-corrected chi connectivity index (χ0v) is 11.9. The predicted molar refractivity (Wildman–Crippen MR) is 83.4 cm³/mol. The first-order valence-corrected chi connectivity index (χ1v) is 6.51. The molecular weight excluding hydrogens is 266 g/mol. The van der Waals surface area contributed by atoms with E-state index in [0.717, 1.165) is 5.56 Å². The molecule has 2 amide bonds. The van der Waals surface area contributed by atoms with Gasteiger partial charge in [0.2, 0.25) is 0 Å². The van der Waals surface area contributed by atoms with Gasteiger partial charge in [0.15, 0.2) is 0 Å². The minimum Gasteiger partial charge on any atom is -0.399 e. The monoisotopic (exact) mass is 283 g/mol. The smallest absolute Gasteiger partial charge is 0.255 e. The quantitative estimate of drug-likeness (QED) is 0.755. The molecule has 4 N–H and O–H groups in total. The van der Waals surface area contributed by atoms with Crippen LogP contribution in [0.15, 0.2) is 42.5 Å². The summed E-state index contributed by atoms with van der Waals surface area (Å²) in [5.41, 5.74) is 8.59. The van der Waals surface area contributed by atoms with Crippen molar-refractivity contribution in [3.63, 3.8) is 0 Å². The first kappa shape index (κ1) is 14.6. The van der Waals surface area contributed by atoms with Gasteiger partial charge in [-0.05, 0) is 42.8 Å². The molecule has 0 aromatic heterocycles. The Hall–Kier alpha value is -2.82. The number of benzene rings is 2. The molecule has 0 saturated heterocycles. The maximum atomic E-state index is 12.3. The van der Waals surface area contributed by atoms with E-state index in [1.54, 1.807) is 49.5 Å². The summed E-state index contributed by atoms with van der Waals surface area (Å²) in [6.45, 7) is 1.84. The van der Waals surface area contributed by atoms with Crippen molar-refractivity contribution in [3.8, 4) is 0 Å². The van der Waals surface area contributed by atoms with E-state index in [0.29, 0.717) is 22.5 Å². The Morgan fingerprint density at radius 2 is 1.76 bits per heavy atom. The van der Waals surface area contributed by atoms with Crippen LogP contribution in [0.1, 0.15) is 26.3 Å². The zero-order chi connectivity index (χ0) is 15.4. The SMILES string of the molecule is CNC(=O)c1ccccc1NC(=O)c1ccc(N)c(C)c1. The first-order valence-electron chi connectivity index (χ1n) is 6.51. The topological polar surface area (TPSA) is 84.2 Å². The Morgan fingerprint density at radius 1 is 1.05 bits per heavy atom. The number of nitrogen functional groups attached to an aromatic ring is 1. The molecule has 2 aromatic rings. The van der Waals surface area contributed by atoms with Gasteiger partial charge in [-0.1, -0.05) is 12.1 Å². The highest BCUT2D eigenvalue weighted by molar-refractivity contribution is 6.09. The van der Waals surface area contributed by atoms with Crippen LogP contribution in [0.25, 0.3) is 0 Å². The third kappa shape index (κ3) is 3.20. The van der Waals surface area contributed by atoms with E-state index in [9.17, 15) is 9.59 Å².